The first-order valence-corrected chi connectivity index (χ1v) is 10.3. The van der Waals surface area contributed by atoms with Crippen molar-refractivity contribution in [1.29, 1.82) is 0 Å². The van der Waals surface area contributed by atoms with Crippen LogP contribution in [0, 0.1) is 0 Å². The number of fused-ring (bicyclic) bond motifs is 1. The minimum atomic E-state index is 0.251. The van der Waals surface area contributed by atoms with Crippen molar-refractivity contribution in [2.75, 3.05) is 43.4 Å². The van der Waals surface area contributed by atoms with Crippen molar-refractivity contribution in [1.82, 2.24) is 29.9 Å². The topological polar surface area (TPSA) is 106 Å². The highest BCUT2D eigenvalue weighted by Gasteiger charge is 2.16. The number of rotatable bonds is 7. The molecule has 154 valence electrons. The number of nitrogens with two attached hydrogens (primary N) is 1. The molecule has 9 nitrogen and oxygen atoms in total. The highest BCUT2D eigenvalue weighted by molar-refractivity contribution is 6.31. The third kappa shape index (κ3) is 4.35. The number of piperazine rings is 1. The Labute approximate surface area is 174 Å². The van der Waals surface area contributed by atoms with Crippen LogP contribution < -0.4 is 20.7 Å². The molecule has 0 bridgehead atoms. The van der Waals surface area contributed by atoms with Gasteiger partial charge in [0.1, 0.15) is 5.82 Å². The van der Waals surface area contributed by atoms with Gasteiger partial charge < -0.3 is 20.7 Å². The van der Waals surface area contributed by atoms with Gasteiger partial charge in [-0.1, -0.05) is 24.9 Å². The summed E-state index contributed by atoms with van der Waals surface area (Å²) >= 11 is 6.57. The highest BCUT2D eigenvalue weighted by atomic mass is 35.5. The van der Waals surface area contributed by atoms with Gasteiger partial charge in [-0.2, -0.15) is 4.98 Å². The predicted molar refractivity (Wildman–Crippen MR) is 113 cm³/mol. The van der Waals surface area contributed by atoms with Crippen molar-refractivity contribution in [3.8, 4) is 6.01 Å². The van der Waals surface area contributed by atoms with E-state index in [9.17, 15) is 0 Å². The molecular weight excluding hydrogens is 392 g/mol. The molecule has 1 aliphatic rings. The minimum Gasteiger partial charge on any atom is -0.462 e. The number of hydrogen-bond acceptors (Lipinski definition) is 8. The van der Waals surface area contributed by atoms with Crippen LogP contribution in [0.15, 0.2) is 18.5 Å². The molecule has 10 heteroatoms. The Bertz CT molecular complexity index is 986. The fraction of sp³-hybridized carbons (Fsp3) is 0.474. The van der Waals surface area contributed by atoms with Gasteiger partial charge in [0, 0.05) is 43.8 Å². The number of imidazole rings is 1. The summed E-state index contributed by atoms with van der Waals surface area (Å²) in [5, 5.41) is 8.46. The second-order valence-electron chi connectivity index (χ2n) is 7.01. The van der Waals surface area contributed by atoms with E-state index in [0.717, 1.165) is 56.1 Å². The van der Waals surface area contributed by atoms with E-state index in [-0.39, 0.29) is 11.8 Å². The first-order chi connectivity index (χ1) is 14.2. The lowest BCUT2D eigenvalue weighted by atomic mass is 10.1. The minimum absolute atomic E-state index is 0.251. The van der Waals surface area contributed by atoms with E-state index < -0.39 is 0 Å². The molecule has 0 amide bonds. The summed E-state index contributed by atoms with van der Waals surface area (Å²) < 4.78 is 7.29. The van der Waals surface area contributed by atoms with E-state index in [4.69, 9.17) is 22.1 Å². The lowest BCUT2D eigenvalue weighted by Crippen LogP contribution is -2.43. The van der Waals surface area contributed by atoms with E-state index in [1.54, 1.807) is 10.7 Å². The number of ether oxygens (including phenoxy) is 1. The van der Waals surface area contributed by atoms with Crippen LogP contribution in [0.1, 0.15) is 31.0 Å². The average Bonchev–Trinajstić information content (AvgIpc) is 3.14. The van der Waals surface area contributed by atoms with Crippen LogP contribution in [0.25, 0.3) is 5.65 Å². The van der Waals surface area contributed by atoms with E-state index in [1.165, 1.54) is 0 Å². The lowest BCUT2D eigenvalue weighted by Gasteiger charge is -2.28. The molecule has 0 aliphatic carbocycles. The number of nitrogen functional groups attached to an aromatic ring is 1. The Morgan fingerprint density at radius 2 is 2.07 bits per heavy atom. The van der Waals surface area contributed by atoms with Gasteiger partial charge >= 0.3 is 6.01 Å². The van der Waals surface area contributed by atoms with Crippen LogP contribution in [0.4, 0.5) is 11.6 Å². The van der Waals surface area contributed by atoms with Gasteiger partial charge in [-0.25, -0.2) is 14.5 Å². The molecule has 0 unspecified atom stereocenters. The van der Waals surface area contributed by atoms with Crippen molar-refractivity contribution in [2.45, 2.75) is 26.2 Å². The van der Waals surface area contributed by atoms with Crippen LogP contribution in [-0.4, -0.2) is 57.4 Å². The van der Waals surface area contributed by atoms with E-state index in [2.05, 4.69) is 37.2 Å². The number of hydrogen-bond donors (Lipinski definition) is 2. The molecule has 0 aromatic carbocycles. The summed E-state index contributed by atoms with van der Waals surface area (Å²) in [6.45, 7) is 6.40. The number of anilines is 2. The highest BCUT2D eigenvalue weighted by Crippen LogP contribution is 2.24. The van der Waals surface area contributed by atoms with Crippen molar-refractivity contribution in [2.24, 2.45) is 0 Å². The van der Waals surface area contributed by atoms with Crippen molar-refractivity contribution in [3.63, 3.8) is 0 Å². The predicted octanol–water partition coefficient (Wildman–Crippen LogP) is 1.93. The number of halogens is 1. The van der Waals surface area contributed by atoms with Gasteiger partial charge in [-0.05, 0) is 18.1 Å². The van der Waals surface area contributed by atoms with E-state index >= 15 is 0 Å². The molecular formula is C19H25ClN8O. The summed E-state index contributed by atoms with van der Waals surface area (Å²) in [6.07, 6.45) is 6.04. The maximum atomic E-state index is 6.57. The van der Waals surface area contributed by atoms with Crippen LogP contribution in [-0.2, 0) is 6.42 Å². The maximum absolute atomic E-state index is 6.57. The number of pyridine rings is 1. The molecule has 0 radical (unpaired) electrons. The number of unbranched alkanes of at least 4 members (excludes halogenated alkanes) is 1. The molecule has 1 aliphatic heterocycles. The Morgan fingerprint density at radius 3 is 2.83 bits per heavy atom. The third-order valence-corrected chi connectivity index (χ3v) is 5.25. The molecule has 4 rings (SSSR count). The van der Waals surface area contributed by atoms with Crippen molar-refractivity contribution < 1.29 is 4.74 Å². The zero-order valence-electron chi connectivity index (χ0n) is 16.4. The largest absolute Gasteiger partial charge is 0.462 e. The summed E-state index contributed by atoms with van der Waals surface area (Å²) in [7, 11) is 0. The normalized spacial score (nSPS) is 14.5. The Balaban J connectivity index is 1.57. The maximum Gasteiger partial charge on any atom is 0.336 e. The smallest absolute Gasteiger partial charge is 0.336 e. The van der Waals surface area contributed by atoms with Gasteiger partial charge in [-0.15, -0.1) is 5.10 Å². The van der Waals surface area contributed by atoms with Gasteiger partial charge in [-0.3, -0.25) is 0 Å². The van der Waals surface area contributed by atoms with Gasteiger partial charge in [0.25, 0.3) is 0 Å². The van der Waals surface area contributed by atoms with Gasteiger partial charge in [0.05, 0.1) is 18.5 Å². The molecule has 1 saturated heterocycles. The second-order valence-corrected chi connectivity index (χ2v) is 7.42. The Hall–Kier alpha value is -2.65. The first-order valence-electron chi connectivity index (χ1n) is 9.88. The molecule has 0 spiro atoms. The summed E-state index contributed by atoms with van der Waals surface area (Å²) in [5.41, 5.74) is 8.28. The molecule has 3 N–H and O–H groups in total. The molecule has 0 atom stereocenters. The molecule has 0 saturated carbocycles. The fourth-order valence-electron chi connectivity index (χ4n) is 3.26. The quantitative estimate of drug-likeness (QED) is 0.563. The van der Waals surface area contributed by atoms with E-state index in [1.807, 2.05) is 12.3 Å². The molecule has 1 fully saturated rings. The van der Waals surface area contributed by atoms with Crippen molar-refractivity contribution >= 4 is 28.9 Å². The Morgan fingerprint density at radius 1 is 1.24 bits per heavy atom. The van der Waals surface area contributed by atoms with Crippen LogP contribution in [0.2, 0.25) is 5.02 Å². The second kappa shape index (κ2) is 8.79. The zero-order chi connectivity index (χ0) is 20.2. The summed E-state index contributed by atoms with van der Waals surface area (Å²) in [5.74, 6) is 1.19. The third-order valence-electron chi connectivity index (χ3n) is 4.90. The number of aromatic nitrogens is 5. The van der Waals surface area contributed by atoms with Crippen LogP contribution in [0.5, 0.6) is 6.01 Å². The standard InChI is InChI=1S/C19H25ClN8O/c1-2-3-8-29-19-25-17(21)18-24-12-14(28(18)26-19)9-13-11-23-16(10-15(13)20)27-6-4-22-5-7-27/h10-12,22H,2-9H2,1H3,(H2,21,25,26). The SMILES string of the molecule is CCCCOc1nc(N)c2ncc(Cc3cnc(N4CCNCC4)cc3Cl)n2n1. The van der Waals surface area contributed by atoms with Crippen LogP contribution in [0.3, 0.4) is 0 Å². The molecule has 3 aromatic heterocycles. The van der Waals surface area contributed by atoms with Crippen molar-refractivity contribution in [3.05, 3.63) is 34.7 Å². The number of nitrogens with zero attached hydrogens (tertiary/aromatic N) is 6. The first kappa shape index (κ1) is 19.7. The summed E-state index contributed by atoms with van der Waals surface area (Å²) in [4.78, 5) is 15.4. The molecule has 29 heavy (non-hydrogen) atoms. The van der Waals surface area contributed by atoms with Gasteiger partial charge in [0.2, 0.25) is 0 Å². The Kier molecular flexibility index (Phi) is 5.96. The van der Waals surface area contributed by atoms with E-state index in [0.29, 0.717) is 23.7 Å². The summed E-state index contributed by atoms with van der Waals surface area (Å²) in [6, 6.07) is 2.18. The number of nitrogens with one attached hydrogen (secondary N) is 1. The zero-order valence-corrected chi connectivity index (χ0v) is 17.2. The van der Waals surface area contributed by atoms with Crippen LogP contribution >= 0.6 is 11.6 Å². The molecule has 3 aromatic rings. The fourth-order valence-corrected chi connectivity index (χ4v) is 3.47. The monoisotopic (exact) mass is 416 g/mol. The molecule has 4 heterocycles. The average molecular weight is 417 g/mol. The van der Waals surface area contributed by atoms with Gasteiger partial charge in [0.15, 0.2) is 11.5 Å². The lowest BCUT2D eigenvalue weighted by molar-refractivity contribution is 0.280.